The number of nitrogens with one attached hydrogen (secondary N) is 1. The van der Waals surface area contributed by atoms with Crippen molar-refractivity contribution in [1.29, 1.82) is 0 Å². The minimum atomic E-state index is -0.404. The summed E-state index contributed by atoms with van der Waals surface area (Å²) in [7, 11) is 0. The molecule has 1 N–H and O–H groups in total. The van der Waals surface area contributed by atoms with Gasteiger partial charge in [0.1, 0.15) is 12.4 Å². The van der Waals surface area contributed by atoms with Crippen molar-refractivity contribution in [3.8, 4) is 5.75 Å². The van der Waals surface area contributed by atoms with Gasteiger partial charge < -0.3 is 10.1 Å². The Bertz CT molecular complexity index is 447. The molecule has 0 aromatic heterocycles. The van der Waals surface area contributed by atoms with Crippen LogP contribution in [-0.4, -0.2) is 24.1 Å². The zero-order valence-electron chi connectivity index (χ0n) is 12.6. The van der Waals surface area contributed by atoms with Crippen molar-refractivity contribution in [3.63, 3.8) is 0 Å². The van der Waals surface area contributed by atoms with Crippen LogP contribution in [-0.2, 0) is 0 Å². The van der Waals surface area contributed by atoms with Crippen molar-refractivity contribution >= 4 is 5.69 Å². The second kappa shape index (κ2) is 7.98. The second-order valence-corrected chi connectivity index (χ2v) is 5.86. The highest BCUT2D eigenvalue weighted by atomic mass is 16.6. The third kappa shape index (κ3) is 5.34. The van der Waals surface area contributed by atoms with Gasteiger partial charge in [-0.25, -0.2) is 0 Å². The van der Waals surface area contributed by atoms with Crippen molar-refractivity contribution in [2.45, 2.75) is 45.1 Å². The van der Waals surface area contributed by atoms with Crippen LogP contribution in [0.2, 0.25) is 0 Å². The first kappa shape index (κ1) is 15.8. The molecule has 0 spiro atoms. The fourth-order valence-corrected chi connectivity index (χ4v) is 2.79. The molecule has 116 valence electrons. The summed E-state index contributed by atoms with van der Waals surface area (Å²) in [6.45, 7) is 3.74. The van der Waals surface area contributed by atoms with Crippen LogP contribution in [0.5, 0.6) is 5.75 Å². The van der Waals surface area contributed by atoms with E-state index in [2.05, 4.69) is 12.2 Å². The van der Waals surface area contributed by atoms with Crippen LogP contribution in [0.25, 0.3) is 0 Å². The normalized spacial score (nSPS) is 22.5. The average molecular weight is 292 g/mol. The van der Waals surface area contributed by atoms with Gasteiger partial charge in [0.2, 0.25) is 0 Å². The van der Waals surface area contributed by atoms with Gasteiger partial charge in [-0.3, -0.25) is 10.1 Å². The highest BCUT2D eigenvalue weighted by molar-refractivity contribution is 5.35. The zero-order chi connectivity index (χ0) is 15.1. The quantitative estimate of drug-likeness (QED) is 0.377. The molecule has 0 radical (unpaired) electrons. The van der Waals surface area contributed by atoms with Crippen molar-refractivity contribution in [2.75, 3.05) is 13.2 Å². The number of nitro groups is 1. The molecule has 0 amide bonds. The third-order valence-electron chi connectivity index (χ3n) is 4.11. The lowest BCUT2D eigenvalue weighted by atomic mass is 10.0. The number of benzene rings is 1. The zero-order valence-corrected chi connectivity index (χ0v) is 12.6. The molecule has 0 aliphatic heterocycles. The first-order chi connectivity index (χ1) is 10.1. The van der Waals surface area contributed by atoms with Gasteiger partial charge in [-0.05, 0) is 37.3 Å². The number of nitrogens with zero attached hydrogens (tertiary/aromatic N) is 1. The number of nitro benzene ring substituents is 1. The highest BCUT2D eigenvalue weighted by Crippen LogP contribution is 2.22. The molecule has 1 aliphatic rings. The third-order valence-corrected chi connectivity index (χ3v) is 4.11. The van der Waals surface area contributed by atoms with Gasteiger partial charge in [0.05, 0.1) is 4.92 Å². The van der Waals surface area contributed by atoms with Crippen LogP contribution < -0.4 is 10.1 Å². The molecule has 0 bridgehead atoms. The van der Waals surface area contributed by atoms with Crippen molar-refractivity contribution in [1.82, 2.24) is 5.32 Å². The van der Waals surface area contributed by atoms with E-state index in [4.69, 9.17) is 4.74 Å². The van der Waals surface area contributed by atoms with Crippen LogP contribution in [0.3, 0.4) is 0 Å². The van der Waals surface area contributed by atoms with E-state index in [0.717, 1.165) is 12.5 Å². The summed E-state index contributed by atoms with van der Waals surface area (Å²) in [6, 6.07) is 6.83. The number of hydrogen-bond donors (Lipinski definition) is 1. The fraction of sp³-hybridized carbons (Fsp3) is 0.625. The van der Waals surface area contributed by atoms with Crippen molar-refractivity contribution in [2.24, 2.45) is 5.92 Å². The Morgan fingerprint density at radius 3 is 2.71 bits per heavy atom. The lowest BCUT2D eigenvalue weighted by Gasteiger charge is -2.16. The maximum Gasteiger partial charge on any atom is 0.269 e. The van der Waals surface area contributed by atoms with E-state index in [1.807, 2.05) is 0 Å². The molecule has 2 unspecified atom stereocenters. The van der Waals surface area contributed by atoms with E-state index in [1.165, 1.54) is 44.2 Å². The smallest absolute Gasteiger partial charge is 0.269 e. The predicted molar refractivity (Wildman–Crippen MR) is 82.6 cm³/mol. The molecule has 5 nitrogen and oxygen atoms in total. The second-order valence-electron chi connectivity index (χ2n) is 5.86. The van der Waals surface area contributed by atoms with Crippen LogP contribution in [0, 0.1) is 16.0 Å². The summed E-state index contributed by atoms with van der Waals surface area (Å²) < 4.78 is 5.60. The molecule has 2 atom stereocenters. The minimum Gasteiger partial charge on any atom is -0.492 e. The van der Waals surface area contributed by atoms with E-state index in [9.17, 15) is 10.1 Å². The Kier molecular flexibility index (Phi) is 5.99. The first-order valence-electron chi connectivity index (χ1n) is 7.76. The lowest BCUT2D eigenvalue weighted by molar-refractivity contribution is -0.384. The van der Waals surface area contributed by atoms with Gasteiger partial charge in [-0.1, -0.05) is 19.8 Å². The molecule has 1 aliphatic carbocycles. The molecular formula is C16H24N2O3. The molecule has 21 heavy (non-hydrogen) atoms. The van der Waals surface area contributed by atoms with E-state index in [0.29, 0.717) is 18.4 Å². The van der Waals surface area contributed by atoms with E-state index < -0.39 is 4.92 Å². The molecular weight excluding hydrogens is 268 g/mol. The average Bonchev–Trinajstić information content (AvgIpc) is 2.69. The van der Waals surface area contributed by atoms with Gasteiger partial charge in [-0.2, -0.15) is 0 Å². The van der Waals surface area contributed by atoms with Crippen molar-refractivity contribution < 1.29 is 9.66 Å². The Labute approximate surface area is 125 Å². The Morgan fingerprint density at radius 1 is 1.24 bits per heavy atom. The molecule has 5 heteroatoms. The SMILES string of the molecule is CC1CCCC(NCCOc2ccc([N+](=O)[O-])cc2)CC1. The molecule has 2 rings (SSSR count). The standard InChI is InChI=1S/C16H24N2O3/c1-13-3-2-4-14(6-5-13)17-11-12-21-16-9-7-15(8-10-16)18(19)20/h7-10,13-14,17H,2-6,11-12H2,1H3. The molecule has 1 saturated carbocycles. The summed E-state index contributed by atoms with van der Waals surface area (Å²) in [5, 5.41) is 14.1. The van der Waals surface area contributed by atoms with Gasteiger partial charge in [0, 0.05) is 24.7 Å². The van der Waals surface area contributed by atoms with Gasteiger partial charge in [0.25, 0.3) is 5.69 Å². The number of non-ortho nitro benzene ring substituents is 1. The lowest BCUT2D eigenvalue weighted by Crippen LogP contribution is -2.32. The summed E-state index contributed by atoms with van der Waals surface area (Å²) in [6.07, 6.45) is 6.46. The molecule has 0 heterocycles. The molecule has 1 aromatic rings. The number of ether oxygens (including phenoxy) is 1. The first-order valence-corrected chi connectivity index (χ1v) is 7.76. The molecule has 1 aromatic carbocycles. The van der Waals surface area contributed by atoms with Crippen molar-refractivity contribution in [3.05, 3.63) is 34.4 Å². The summed E-state index contributed by atoms with van der Waals surface area (Å²) in [5.41, 5.74) is 0.0908. The monoisotopic (exact) mass is 292 g/mol. The number of rotatable bonds is 6. The van der Waals surface area contributed by atoms with Crippen LogP contribution >= 0.6 is 0 Å². The maximum absolute atomic E-state index is 10.6. The van der Waals surface area contributed by atoms with E-state index in [1.54, 1.807) is 12.1 Å². The predicted octanol–water partition coefficient (Wildman–Crippen LogP) is 3.53. The van der Waals surface area contributed by atoms with Crippen LogP contribution in [0.4, 0.5) is 5.69 Å². The van der Waals surface area contributed by atoms with Gasteiger partial charge in [-0.15, -0.1) is 0 Å². The minimum absolute atomic E-state index is 0.0908. The summed E-state index contributed by atoms with van der Waals surface area (Å²) >= 11 is 0. The van der Waals surface area contributed by atoms with Gasteiger partial charge in [0.15, 0.2) is 0 Å². The molecule has 1 fully saturated rings. The van der Waals surface area contributed by atoms with E-state index in [-0.39, 0.29) is 5.69 Å². The fourth-order valence-electron chi connectivity index (χ4n) is 2.79. The Balaban J connectivity index is 1.66. The van der Waals surface area contributed by atoms with Gasteiger partial charge >= 0.3 is 0 Å². The topological polar surface area (TPSA) is 64.4 Å². The Morgan fingerprint density at radius 2 is 2.00 bits per heavy atom. The molecule has 0 saturated heterocycles. The largest absolute Gasteiger partial charge is 0.492 e. The van der Waals surface area contributed by atoms with Crippen LogP contribution in [0.15, 0.2) is 24.3 Å². The maximum atomic E-state index is 10.6. The summed E-state index contributed by atoms with van der Waals surface area (Å²) in [5.74, 6) is 1.53. The number of hydrogen-bond acceptors (Lipinski definition) is 4. The van der Waals surface area contributed by atoms with E-state index >= 15 is 0 Å². The summed E-state index contributed by atoms with van der Waals surface area (Å²) in [4.78, 5) is 10.1. The van der Waals surface area contributed by atoms with Crippen LogP contribution in [0.1, 0.15) is 39.0 Å². The highest BCUT2D eigenvalue weighted by Gasteiger charge is 2.15. The Hall–Kier alpha value is -1.62.